The number of thiophene rings is 1. The summed E-state index contributed by atoms with van der Waals surface area (Å²) in [6.07, 6.45) is 0. The molecule has 2 rings (SSSR count). The van der Waals surface area contributed by atoms with Crippen molar-refractivity contribution in [2.24, 2.45) is 0 Å². The van der Waals surface area contributed by atoms with Crippen molar-refractivity contribution < 1.29 is 18.3 Å². The number of anilines is 1. The first kappa shape index (κ1) is 14.0. The molecule has 6 nitrogen and oxygen atoms in total. The average Bonchev–Trinajstić information content (AvgIpc) is 2.84. The smallest absolute Gasteiger partial charge is 0.357 e. The molecule has 2 heterocycles. The first-order chi connectivity index (χ1) is 8.81. The number of carbonyl (C=O) groups is 1. The molecule has 0 aliphatic rings. The van der Waals surface area contributed by atoms with Gasteiger partial charge in [0.1, 0.15) is 9.90 Å². The van der Waals surface area contributed by atoms with Gasteiger partial charge in [-0.05, 0) is 19.9 Å². The monoisotopic (exact) mass is 318 g/mol. The third-order valence-corrected chi connectivity index (χ3v) is 5.72. The number of aryl methyl sites for hydroxylation is 2. The van der Waals surface area contributed by atoms with Crippen molar-refractivity contribution >= 4 is 43.7 Å². The quantitative estimate of drug-likeness (QED) is 0.902. The number of hydrogen-bond acceptors (Lipinski definition) is 6. The van der Waals surface area contributed by atoms with Gasteiger partial charge in [-0.15, -0.1) is 22.7 Å². The molecule has 0 unspecified atom stereocenters. The number of sulfonamides is 1. The molecular weight excluding hydrogens is 308 g/mol. The molecule has 0 bridgehead atoms. The summed E-state index contributed by atoms with van der Waals surface area (Å²) in [7, 11) is -3.78. The van der Waals surface area contributed by atoms with E-state index in [1.54, 1.807) is 13.0 Å². The van der Waals surface area contributed by atoms with Crippen molar-refractivity contribution in [2.45, 2.75) is 18.7 Å². The summed E-state index contributed by atoms with van der Waals surface area (Å²) in [5.74, 6) is -1.27. The fourth-order valence-corrected chi connectivity index (χ4v) is 5.07. The highest BCUT2D eigenvalue weighted by molar-refractivity contribution is 7.93. The van der Waals surface area contributed by atoms with Gasteiger partial charge in [0.15, 0.2) is 5.69 Å². The fraction of sp³-hybridized carbons (Fsp3) is 0.200. The standard InChI is InChI=1S/C10H10N2O4S3/c1-5-3-7(6(2)18-5)19(15,16)12-9-8(10(13)14)11-4-17-9/h3-4,12H,1-2H3,(H,13,14). The summed E-state index contributed by atoms with van der Waals surface area (Å²) < 4.78 is 26.7. The Kier molecular flexibility index (Phi) is 3.61. The number of nitrogens with zero attached hydrogens (tertiary/aromatic N) is 1. The maximum atomic E-state index is 12.2. The molecule has 0 saturated carbocycles. The summed E-state index contributed by atoms with van der Waals surface area (Å²) in [4.78, 5) is 16.2. The molecular formula is C10H10N2O4S3. The first-order valence-electron chi connectivity index (χ1n) is 5.08. The zero-order chi connectivity index (χ0) is 14.2. The third-order valence-electron chi connectivity index (χ3n) is 2.28. The van der Waals surface area contributed by atoms with Gasteiger partial charge in [0.2, 0.25) is 0 Å². The van der Waals surface area contributed by atoms with Crippen LogP contribution < -0.4 is 4.72 Å². The Bertz CT molecular complexity index is 730. The molecule has 0 radical (unpaired) electrons. The Morgan fingerprint density at radius 2 is 2.11 bits per heavy atom. The minimum atomic E-state index is -3.78. The lowest BCUT2D eigenvalue weighted by molar-refractivity contribution is 0.0692. The first-order valence-corrected chi connectivity index (χ1v) is 8.26. The van der Waals surface area contributed by atoms with E-state index < -0.39 is 16.0 Å². The minimum Gasteiger partial charge on any atom is -0.476 e. The summed E-state index contributed by atoms with van der Waals surface area (Å²) in [6, 6.07) is 1.56. The van der Waals surface area contributed by atoms with Gasteiger partial charge in [0.25, 0.3) is 10.0 Å². The van der Waals surface area contributed by atoms with Gasteiger partial charge in [-0.3, -0.25) is 4.72 Å². The molecule has 0 atom stereocenters. The molecule has 2 N–H and O–H groups in total. The number of carboxylic acids is 1. The Balaban J connectivity index is 2.39. The van der Waals surface area contributed by atoms with Crippen molar-refractivity contribution in [3.8, 4) is 0 Å². The van der Waals surface area contributed by atoms with Crippen LogP contribution in [0.25, 0.3) is 0 Å². The van der Waals surface area contributed by atoms with Crippen molar-refractivity contribution in [3.05, 3.63) is 27.0 Å². The van der Waals surface area contributed by atoms with Gasteiger partial charge in [-0.2, -0.15) is 0 Å². The van der Waals surface area contributed by atoms with E-state index in [4.69, 9.17) is 5.11 Å². The Morgan fingerprint density at radius 1 is 1.42 bits per heavy atom. The fourth-order valence-electron chi connectivity index (χ4n) is 1.52. The van der Waals surface area contributed by atoms with E-state index in [0.29, 0.717) is 4.88 Å². The lowest BCUT2D eigenvalue weighted by Crippen LogP contribution is -2.14. The number of hydrogen-bond donors (Lipinski definition) is 2. The van der Waals surface area contributed by atoms with E-state index in [2.05, 4.69) is 9.71 Å². The number of rotatable bonds is 4. The van der Waals surface area contributed by atoms with E-state index in [1.807, 2.05) is 6.92 Å². The second-order valence-electron chi connectivity index (χ2n) is 3.72. The van der Waals surface area contributed by atoms with E-state index in [0.717, 1.165) is 16.2 Å². The molecule has 9 heteroatoms. The highest BCUT2D eigenvalue weighted by Gasteiger charge is 2.23. The maximum Gasteiger partial charge on any atom is 0.357 e. The number of carboxylic acid groups (broad SMARTS) is 1. The van der Waals surface area contributed by atoms with Crippen LogP contribution in [0.4, 0.5) is 5.00 Å². The van der Waals surface area contributed by atoms with Gasteiger partial charge in [0, 0.05) is 9.75 Å². The van der Waals surface area contributed by atoms with Crippen LogP contribution in [0.3, 0.4) is 0 Å². The van der Waals surface area contributed by atoms with E-state index in [-0.39, 0.29) is 15.6 Å². The zero-order valence-electron chi connectivity index (χ0n) is 10.00. The van der Waals surface area contributed by atoms with Gasteiger partial charge >= 0.3 is 5.97 Å². The molecule has 0 fully saturated rings. The lowest BCUT2D eigenvalue weighted by atomic mass is 10.4. The minimum absolute atomic E-state index is 0.00996. The molecule has 0 aliphatic carbocycles. The van der Waals surface area contributed by atoms with Gasteiger partial charge in [-0.25, -0.2) is 18.2 Å². The van der Waals surface area contributed by atoms with Crippen LogP contribution in [0, 0.1) is 13.8 Å². The molecule has 0 saturated heterocycles. The molecule has 0 aromatic carbocycles. The third kappa shape index (κ3) is 2.77. The molecule has 0 amide bonds. The molecule has 2 aromatic rings. The summed E-state index contributed by atoms with van der Waals surface area (Å²) >= 11 is 2.30. The van der Waals surface area contributed by atoms with Crippen LogP contribution >= 0.6 is 22.7 Å². The van der Waals surface area contributed by atoms with Crippen LogP contribution in [0.15, 0.2) is 16.5 Å². The Morgan fingerprint density at radius 3 is 2.63 bits per heavy atom. The van der Waals surface area contributed by atoms with Crippen LogP contribution in [0.5, 0.6) is 0 Å². The van der Waals surface area contributed by atoms with E-state index >= 15 is 0 Å². The summed E-state index contributed by atoms with van der Waals surface area (Å²) in [5, 5.41) is 8.90. The van der Waals surface area contributed by atoms with E-state index in [1.165, 1.54) is 16.8 Å². The normalized spacial score (nSPS) is 11.5. The maximum absolute atomic E-state index is 12.2. The van der Waals surface area contributed by atoms with E-state index in [9.17, 15) is 13.2 Å². The van der Waals surface area contributed by atoms with Gasteiger partial charge < -0.3 is 5.11 Å². The zero-order valence-corrected chi connectivity index (χ0v) is 12.4. The van der Waals surface area contributed by atoms with Crippen LogP contribution in [-0.2, 0) is 10.0 Å². The second-order valence-corrected chi connectivity index (χ2v) is 7.68. The SMILES string of the molecule is Cc1cc(S(=O)(=O)Nc2scnc2C(=O)O)c(C)s1. The molecule has 2 aromatic heterocycles. The average molecular weight is 318 g/mol. The number of thiazole rings is 1. The van der Waals surface area contributed by atoms with Crippen LogP contribution in [0.2, 0.25) is 0 Å². The van der Waals surface area contributed by atoms with Crippen molar-refractivity contribution in [3.63, 3.8) is 0 Å². The Hall–Kier alpha value is -1.45. The molecule has 0 aliphatic heterocycles. The highest BCUT2D eigenvalue weighted by Crippen LogP contribution is 2.29. The predicted octanol–water partition coefficient (Wildman–Crippen LogP) is 2.32. The molecule has 0 spiro atoms. The van der Waals surface area contributed by atoms with Crippen molar-refractivity contribution in [2.75, 3.05) is 4.72 Å². The molecule has 19 heavy (non-hydrogen) atoms. The topological polar surface area (TPSA) is 96.4 Å². The van der Waals surface area contributed by atoms with Crippen molar-refractivity contribution in [1.82, 2.24) is 4.98 Å². The number of nitrogens with one attached hydrogen (secondary N) is 1. The van der Waals surface area contributed by atoms with Crippen LogP contribution in [-0.4, -0.2) is 24.5 Å². The largest absolute Gasteiger partial charge is 0.476 e. The molecule has 102 valence electrons. The predicted molar refractivity (Wildman–Crippen MR) is 73.7 cm³/mol. The highest BCUT2D eigenvalue weighted by atomic mass is 32.2. The number of aromatic nitrogens is 1. The number of aromatic carboxylic acids is 1. The van der Waals surface area contributed by atoms with Gasteiger partial charge in [-0.1, -0.05) is 0 Å². The Labute approximate surface area is 117 Å². The lowest BCUT2D eigenvalue weighted by Gasteiger charge is -2.05. The van der Waals surface area contributed by atoms with Crippen molar-refractivity contribution in [1.29, 1.82) is 0 Å². The second kappa shape index (κ2) is 4.91. The van der Waals surface area contributed by atoms with Crippen LogP contribution in [0.1, 0.15) is 20.2 Å². The van der Waals surface area contributed by atoms with Gasteiger partial charge in [0.05, 0.1) is 5.51 Å². The summed E-state index contributed by atoms with van der Waals surface area (Å²) in [5.41, 5.74) is 0.991. The summed E-state index contributed by atoms with van der Waals surface area (Å²) in [6.45, 7) is 3.52.